The van der Waals surface area contributed by atoms with Crippen molar-refractivity contribution in [1.29, 1.82) is 0 Å². The summed E-state index contributed by atoms with van der Waals surface area (Å²) in [5.41, 5.74) is 6.35. The fourth-order valence-electron chi connectivity index (χ4n) is 2.11. The smallest absolute Gasteiger partial charge is 0.249 e. The number of hydrogen-bond donors (Lipinski definition) is 2. The van der Waals surface area contributed by atoms with Crippen molar-refractivity contribution in [3.05, 3.63) is 30.2 Å². The van der Waals surface area contributed by atoms with Crippen molar-refractivity contribution >= 4 is 5.91 Å². The molecule has 1 unspecified atom stereocenters. The average Bonchev–Trinajstić information content (AvgIpc) is 3.03. The number of nitrogens with one attached hydrogen (secondary N) is 1. The highest BCUT2D eigenvalue weighted by atomic mass is 16.5. The van der Waals surface area contributed by atoms with E-state index in [1.54, 1.807) is 14.0 Å². The fraction of sp³-hybridized carbons (Fsp3) is 0.471. The Balaban J connectivity index is 2.14. The SMILES string of the molecule is COc1ccccc1-c1noc(C(C)NC(=O)[C@@H](N)C(C)(C)C)n1. The molecule has 2 atom stereocenters. The summed E-state index contributed by atoms with van der Waals surface area (Å²) < 4.78 is 10.6. The van der Waals surface area contributed by atoms with E-state index >= 15 is 0 Å². The molecule has 1 aromatic carbocycles. The molecule has 0 aliphatic carbocycles. The number of aromatic nitrogens is 2. The van der Waals surface area contributed by atoms with Crippen LogP contribution in [0, 0.1) is 5.41 Å². The first-order valence-electron chi connectivity index (χ1n) is 7.77. The van der Waals surface area contributed by atoms with Gasteiger partial charge in [-0.25, -0.2) is 0 Å². The second-order valence-corrected chi connectivity index (χ2v) is 6.73. The monoisotopic (exact) mass is 332 g/mol. The number of rotatable bonds is 5. The Morgan fingerprint density at radius 1 is 1.33 bits per heavy atom. The van der Waals surface area contributed by atoms with Crippen LogP contribution in [0.5, 0.6) is 5.75 Å². The summed E-state index contributed by atoms with van der Waals surface area (Å²) in [6.07, 6.45) is 0. The molecule has 0 aliphatic rings. The lowest BCUT2D eigenvalue weighted by Crippen LogP contribution is -2.49. The van der Waals surface area contributed by atoms with E-state index in [2.05, 4.69) is 15.5 Å². The third-order valence-electron chi connectivity index (χ3n) is 3.73. The van der Waals surface area contributed by atoms with Gasteiger partial charge in [0.25, 0.3) is 0 Å². The van der Waals surface area contributed by atoms with Crippen LogP contribution in [0.3, 0.4) is 0 Å². The van der Waals surface area contributed by atoms with Gasteiger partial charge in [-0.05, 0) is 24.5 Å². The molecule has 0 fully saturated rings. The van der Waals surface area contributed by atoms with E-state index < -0.39 is 12.1 Å². The quantitative estimate of drug-likeness (QED) is 0.871. The van der Waals surface area contributed by atoms with Crippen LogP contribution in [-0.4, -0.2) is 29.2 Å². The molecule has 0 aliphatic heterocycles. The first-order chi connectivity index (χ1) is 11.2. The number of nitrogens with zero attached hydrogens (tertiary/aromatic N) is 2. The highest BCUT2D eigenvalue weighted by molar-refractivity contribution is 5.82. The topological polar surface area (TPSA) is 103 Å². The molecule has 3 N–H and O–H groups in total. The largest absolute Gasteiger partial charge is 0.496 e. The number of carbonyl (C=O) groups excluding carboxylic acids is 1. The van der Waals surface area contributed by atoms with Gasteiger partial charge in [0.05, 0.1) is 18.7 Å². The van der Waals surface area contributed by atoms with Gasteiger partial charge in [-0.3, -0.25) is 4.79 Å². The van der Waals surface area contributed by atoms with Crippen LogP contribution in [0.2, 0.25) is 0 Å². The predicted octanol–water partition coefficient (Wildman–Crippen LogP) is 2.30. The summed E-state index contributed by atoms with van der Waals surface area (Å²) in [6.45, 7) is 7.50. The zero-order chi connectivity index (χ0) is 17.9. The number of carbonyl (C=O) groups is 1. The van der Waals surface area contributed by atoms with Gasteiger partial charge in [0.2, 0.25) is 17.6 Å². The van der Waals surface area contributed by atoms with E-state index in [0.29, 0.717) is 17.5 Å². The van der Waals surface area contributed by atoms with E-state index in [9.17, 15) is 4.79 Å². The van der Waals surface area contributed by atoms with Gasteiger partial charge < -0.3 is 20.3 Å². The summed E-state index contributed by atoms with van der Waals surface area (Å²) in [5.74, 6) is 1.11. The summed E-state index contributed by atoms with van der Waals surface area (Å²) >= 11 is 0. The third-order valence-corrected chi connectivity index (χ3v) is 3.73. The Labute approximate surface area is 141 Å². The van der Waals surface area contributed by atoms with Crippen LogP contribution in [0.15, 0.2) is 28.8 Å². The fourth-order valence-corrected chi connectivity index (χ4v) is 2.11. The minimum absolute atomic E-state index is 0.257. The lowest BCUT2D eigenvalue weighted by Gasteiger charge is -2.26. The van der Waals surface area contributed by atoms with E-state index in [1.165, 1.54) is 0 Å². The van der Waals surface area contributed by atoms with Crippen LogP contribution in [0.25, 0.3) is 11.4 Å². The Kier molecular flexibility index (Phi) is 5.23. The third kappa shape index (κ3) is 3.91. The van der Waals surface area contributed by atoms with Gasteiger partial charge in [0.15, 0.2) is 0 Å². The van der Waals surface area contributed by atoms with Crippen molar-refractivity contribution in [2.45, 2.75) is 39.8 Å². The van der Waals surface area contributed by atoms with Crippen molar-refractivity contribution in [2.24, 2.45) is 11.1 Å². The molecule has 2 rings (SSSR count). The number of nitrogens with two attached hydrogens (primary N) is 1. The maximum absolute atomic E-state index is 12.2. The normalized spacial score (nSPS) is 14.1. The Morgan fingerprint density at radius 2 is 2.00 bits per heavy atom. The lowest BCUT2D eigenvalue weighted by molar-refractivity contribution is -0.125. The molecule has 1 amide bonds. The van der Waals surface area contributed by atoms with E-state index in [4.69, 9.17) is 15.0 Å². The van der Waals surface area contributed by atoms with Gasteiger partial charge >= 0.3 is 0 Å². The summed E-state index contributed by atoms with van der Waals surface area (Å²) in [6, 6.07) is 6.31. The van der Waals surface area contributed by atoms with Gasteiger partial charge in [0.1, 0.15) is 11.8 Å². The number of benzene rings is 1. The Bertz CT molecular complexity index is 706. The molecule has 0 spiro atoms. The average molecular weight is 332 g/mol. The molecule has 0 saturated heterocycles. The van der Waals surface area contributed by atoms with Crippen LogP contribution in [0.4, 0.5) is 0 Å². The molecule has 1 heterocycles. The highest BCUT2D eigenvalue weighted by Crippen LogP contribution is 2.28. The number of methoxy groups -OCH3 is 1. The zero-order valence-electron chi connectivity index (χ0n) is 14.7. The van der Waals surface area contributed by atoms with Gasteiger partial charge in [-0.15, -0.1) is 0 Å². The maximum atomic E-state index is 12.2. The highest BCUT2D eigenvalue weighted by Gasteiger charge is 2.29. The van der Waals surface area contributed by atoms with Crippen LogP contribution < -0.4 is 15.8 Å². The minimum Gasteiger partial charge on any atom is -0.496 e. The van der Waals surface area contributed by atoms with Gasteiger partial charge in [-0.1, -0.05) is 38.1 Å². The molecule has 130 valence electrons. The molecule has 7 nitrogen and oxygen atoms in total. The van der Waals surface area contributed by atoms with Crippen LogP contribution >= 0.6 is 0 Å². The predicted molar refractivity (Wildman–Crippen MR) is 90.3 cm³/mol. The minimum atomic E-state index is -0.628. The molecule has 7 heteroatoms. The van der Waals surface area contributed by atoms with Crippen LogP contribution in [-0.2, 0) is 4.79 Å². The first kappa shape index (κ1) is 17.9. The standard InChI is InChI=1S/C17H24N4O3/c1-10(19-15(22)13(18)17(2,3)4)16-20-14(21-24-16)11-8-6-7-9-12(11)23-5/h6-10,13H,18H2,1-5H3,(H,19,22)/t10?,13-/m1/s1. The summed E-state index contributed by atoms with van der Waals surface area (Å²) in [4.78, 5) is 16.6. The molecule has 0 radical (unpaired) electrons. The van der Waals surface area contributed by atoms with Crippen molar-refractivity contribution < 1.29 is 14.1 Å². The summed E-state index contributed by atoms with van der Waals surface area (Å²) in [7, 11) is 1.58. The number of para-hydroxylation sites is 1. The lowest BCUT2D eigenvalue weighted by atomic mass is 9.87. The maximum Gasteiger partial charge on any atom is 0.249 e. The van der Waals surface area contributed by atoms with Gasteiger partial charge in [0, 0.05) is 0 Å². The molecule has 24 heavy (non-hydrogen) atoms. The summed E-state index contributed by atoms with van der Waals surface area (Å²) in [5, 5.41) is 6.77. The molecule has 1 aromatic heterocycles. The molecule has 2 aromatic rings. The number of amides is 1. The molecule has 0 saturated carbocycles. The molecular weight excluding hydrogens is 308 g/mol. The molecular formula is C17H24N4O3. The van der Waals surface area contributed by atoms with Crippen molar-refractivity contribution in [3.63, 3.8) is 0 Å². The van der Waals surface area contributed by atoms with E-state index in [-0.39, 0.29) is 11.3 Å². The number of hydrogen-bond acceptors (Lipinski definition) is 6. The second-order valence-electron chi connectivity index (χ2n) is 6.73. The Morgan fingerprint density at radius 3 is 2.62 bits per heavy atom. The Hall–Kier alpha value is -2.41. The van der Waals surface area contributed by atoms with Crippen molar-refractivity contribution in [2.75, 3.05) is 7.11 Å². The van der Waals surface area contributed by atoms with E-state index in [1.807, 2.05) is 45.0 Å². The number of ether oxygens (including phenoxy) is 1. The van der Waals surface area contributed by atoms with E-state index in [0.717, 1.165) is 5.56 Å². The second kappa shape index (κ2) is 7.00. The zero-order valence-corrected chi connectivity index (χ0v) is 14.7. The van der Waals surface area contributed by atoms with Crippen molar-refractivity contribution in [3.8, 4) is 17.1 Å². The van der Waals surface area contributed by atoms with Crippen molar-refractivity contribution in [1.82, 2.24) is 15.5 Å². The molecule has 0 bridgehead atoms. The van der Waals surface area contributed by atoms with Crippen LogP contribution in [0.1, 0.15) is 39.6 Å². The first-order valence-corrected chi connectivity index (χ1v) is 7.77. The van der Waals surface area contributed by atoms with Gasteiger partial charge in [-0.2, -0.15) is 4.98 Å².